The van der Waals surface area contributed by atoms with Gasteiger partial charge in [0, 0.05) is 13.0 Å². The predicted molar refractivity (Wildman–Crippen MR) is 43.1 cm³/mol. The molecule has 0 aromatic carbocycles. The molecule has 0 unspecified atom stereocenters. The van der Waals surface area contributed by atoms with Crippen LogP contribution in [0.4, 0.5) is 0 Å². The summed E-state index contributed by atoms with van der Waals surface area (Å²) in [5.41, 5.74) is 3.43. The molecule has 5 heteroatoms. The number of amides is 2. The van der Waals surface area contributed by atoms with E-state index in [9.17, 15) is 9.59 Å². The van der Waals surface area contributed by atoms with Crippen molar-refractivity contribution in [3.63, 3.8) is 0 Å². The van der Waals surface area contributed by atoms with Gasteiger partial charge in [0.1, 0.15) is 5.60 Å². The Balaban J connectivity index is 3.66. The fraction of sp³-hybridized carbons (Fsp3) is 0.714. The molecule has 0 bridgehead atoms. The lowest BCUT2D eigenvalue weighted by Crippen LogP contribution is -2.42. The van der Waals surface area contributed by atoms with Crippen molar-refractivity contribution in [3.8, 4) is 0 Å². The van der Waals surface area contributed by atoms with Gasteiger partial charge in [0.15, 0.2) is 0 Å². The van der Waals surface area contributed by atoms with Crippen molar-refractivity contribution >= 4 is 11.8 Å². The summed E-state index contributed by atoms with van der Waals surface area (Å²) in [6.45, 7) is 2.90. The van der Waals surface area contributed by atoms with Crippen LogP contribution in [0, 0.1) is 0 Å². The summed E-state index contributed by atoms with van der Waals surface area (Å²) in [4.78, 5) is 21.2. The van der Waals surface area contributed by atoms with Crippen molar-refractivity contribution in [3.05, 3.63) is 0 Å². The number of primary amides is 1. The molecule has 4 N–H and O–H groups in total. The maximum atomic E-state index is 10.9. The highest BCUT2D eigenvalue weighted by Crippen LogP contribution is 1.99. The molecule has 0 radical (unpaired) electrons. The van der Waals surface area contributed by atoms with E-state index in [-0.39, 0.29) is 13.0 Å². The molecule has 0 aliphatic carbocycles. The first-order valence-corrected chi connectivity index (χ1v) is 3.63. The van der Waals surface area contributed by atoms with Gasteiger partial charge >= 0.3 is 0 Å². The molecule has 0 saturated carbocycles. The van der Waals surface area contributed by atoms with Crippen molar-refractivity contribution in [2.24, 2.45) is 5.73 Å². The summed E-state index contributed by atoms with van der Waals surface area (Å²) in [7, 11) is 0. The van der Waals surface area contributed by atoms with E-state index in [4.69, 9.17) is 10.8 Å². The van der Waals surface area contributed by atoms with Gasteiger partial charge in [-0.2, -0.15) is 0 Å². The monoisotopic (exact) mass is 174 g/mol. The molecule has 2 amide bonds. The van der Waals surface area contributed by atoms with Crippen molar-refractivity contribution < 1.29 is 14.7 Å². The number of hydrogen-bond acceptors (Lipinski definition) is 3. The second kappa shape index (κ2) is 4.06. The molecule has 0 aliphatic rings. The van der Waals surface area contributed by atoms with Gasteiger partial charge in [-0.25, -0.2) is 0 Å². The summed E-state index contributed by atoms with van der Waals surface area (Å²) >= 11 is 0. The third-order valence-corrected chi connectivity index (χ3v) is 1.21. The van der Waals surface area contributed by atoms with Gasteiger partial charge in [-0.15, -0.1) is 0 Å². The van der Waals surface area contributed by atoms with E-state index in [1.807, 2.05) is 0 Å². The number of aliphatic hydroxyl groups is 1. The third-order valence-electron chi connectivity index (χ3n) is 1.21. The average Bonchev–Trinajstić information content (AvgIpc) is 1.84. The summed E-state index contributed by atoms with van der Waals surface area (Å²) in [6, 6.07) is 0. The van der Waals surface area contributed by atoms with Crippen molar-refractivity contribution in [2.45, 2.75) is 25.9 Å². The fourth-order valence-corrected chi connectivity index (χ4v) is 0.516. The molecule has 0 aliphatic heterocycles. The van der Waals surface area contributed by atoms with Crippen LogP contribution in [0.5, 0.6) is 0 Å². The summed E-state index contributed by atoms with van der Waals surface area (Å²) in [6.07, 6.45) is 0.0851. The van der Waals surface area contributed by atoms with E-state index < -0.39 is 17.4 Å². The minimum atomic E-state index is -1.41. The predicted octanol–water partition coefficient (Wildman–Crippen LogP) is -1.25. The van der Waals surface area contributed by atoms with E-state index in [0.717, 1.165) is 0 Å². The minimum absolute atomic E-state index is 0.0851. The van der Waals surface area contributed by atoms with Gasteiger partial charge in [0.25, 0.3) is 5.91 Å². The maximum absolute atomic E-state index is 10.9. The van der Waals surface area contributed by atoms with Crippen LogP contribution in [0.2, 0.25) is 0 Å². The first-order valence-electron chi connectivity index (χ1n) is 3.63. The molecular weight excluding hydrogens is 160 g/mol. The van der Waals surface area contributed by atoms with Crippen LogP contribution in [0.15, 0.2) is 0 Å². The van der Waals surface area contributed by atoms with E-state index in [1.54, 1.807) is 0 Å². The zero-order valence-electron chi connectivity index (χ0n) is 7.26. The Morgan fingerprint density at radius 1 is 1.50 bits per heavy atom. The number of hydrogen-bond donors (Lipinski definition) is 3. The Labute approximate surface area is 70.9 Å². The van der Waals surface area contributed by atoms with Crippen LogP contribution in [0.1, 0.15) is 20.3 Å². The first kappa shape index (κ1) is 10.9. The molecule has 0 rings (SSSR count). The fourth-order valence-electron chi connectivity index (χ4n) is 0.516. The van der Waals surface area contributed by atoms with E-state index in [2.05, 4.69) is 5.32 Å². The highest BCUT2D eigenvalue weighted by molar-refractivity contribution is 5.84. The average molecular weight is 174 g/mol. The van der Waals surface area contributed by atoms with Crippen molar-refractivity contribution in [1.29, 1.82) is 0 Å². The van der Waals surface area contributed by atoms with Crippen LogP contribution >= 0.6 is 0 Å². The van der Waals surface area contributed by atoms with Crippen molar-refractivity contribution in [2.75, 3.05) is 6.54 Å². The molecule has 0 atom stereocenters. The Morgan fingerprint density at radius 2 is 2.00 bits per heavy atom. The molecule has 0 aromatic rings. The van der Waals surface area contributed by atoms with E-state index >= 15 is 0 Å². The molecular formula is C7H14N2O3. The summed E-state index contributed by atoms with van der Waals surface area (Å²) < 4.78 is 0. The number of carbonyl (C=O) groups is 2. The molecule has 70 valence electrons. The van der Waals surface area contributed by atoms with Crippen LogP contribution in [-0.4, -0.2) is 29.1 Å². The smallest absolute Gasteiger partial charge is 0.251 e. The van der Waals surface area contributed by atoms with E-state index in [1.165, 1.54) is 13.8 Å². The Morgan fingerprint density at radius 3 is 2.33 bits per heavy atom. The van der Waals surface area contributed by atoms with Gasteiger partial charge in [-0.05, 0) is 13.8 Å². The molecule has 12 heavy (non-hydrogen) atoms. The van der Waals surface area contributed by atoms with E-state index in [0.29, 0.717) is 0 Å². The Kier molecular flexibility index (Phi) is 3.69. The van der Waals surface area contributed by atoms with Crippen LogP contribution in [0.25, 0.3) is 0 Å². The molecule has 0 saturated heterocycles. The number of nitrogens with two attached hydrogens (primary N) is 1. The minimum Gasteiger partial charge on any atom is -0.381 e. The number of carbonyl (C=O) groups excluding carboxylic acids is 2. The van der Waals surface area contributed by atoms with Gasteiger partial charge in [-0.1, -0.05) is 0 Å². The second-order valence-electron chi connectivity index (χ2n) is 3.03. The van der Waals surface area contributed by atoms with Gasteiger partial charge < -0.3 is 16.2 Å². The second-order valence-corrected chi connectivity index (χ2v) is 3.03. The third kappa shape index (κ3) is 4.68. The maximum Gasteiger partial charge on any atom is 0.251 e. The molecule has 0 heterocycles. The van der Waals surface area contributed by atoms with Crippen LogP contribution in [0.3, 0.4) is 0 Å². The van der Waals surface area contributed by atoms with Gasteiger partial charge in [-0.3, -0.25) is 9.59 Å². The zero-order chi connectivity index (χ0) is 9.78. The normalized spacial score (nSPS) is 10.9. The Bertz CT molecular complexity index is 184. The summed E-state index contributed by atoms with van der Waals surface area (Å²) in [5, 5.41) is 11.5. The molecule has 5 nitrogen and oxygen atoms in total. The largest absolute Gasteiger partial charge is 0.381 e. The van der Waals surface area contributed by atoms with Crippen molar-refractivity contribution in [1.82, 2.24) is 5.32 Å². The lowest BCUT2D eigenvalue weighted by Gasteiger charge is -2.15. The molecule has 0 spiro atoms. The lowest BCUT2D eigenvalue weighted by molar-refractivity contribution is -0.136. The quantitative estimate of drug-likeness (QED) is 0.497. The highest BCUT2D eigenvalue weighted by Gasteiger charge is 2.22. The SMILES string of the molecule is CC(C)(O)C(=O)NCCC(N)=O. The van der Waals surface area contributed by atoms with Crippen LogP contribution in [-0.2, 0) is 9.59 Å². The molecule has 0 fully saturated rings. The van der Waals surface area contributed by atoms with Gasteiger partial charge in [0.05, 0.1) is 0 Å². The van der Waals surface area contributed by atoms with Crippen LogP contribution < -0.4 is 11.1 Å². The zero-order valence-corrected chi connectivity index (χ0v) is 7.26. The lowest BCUT2D eigenvalue weighted by atomic mass is 10.1. The molecule has 0 aromatic heterocycles. The highest BCUT2D eigenvalue weighted by atomic mass is 16.3. The standard InChI is InChI=1S/C7H14N2O3/c1-7(2,12)6(11)9-4-3-5(8)10/h12H,3-4H2,1-2H3,(H2,8,10)(H,9,11). The number of nitrogens with one attached hydrogen (secondary N) is 1. The topological polar surface area (TPSA) is 92.4 Å². The Hall–Kier alpha value is -1.10. The summed E-state index contributed by atoms with van der Waals surface area (Å²) in [5.74, 6) is -0.991. The first-order chi connectivity index (χ1) is 5.34. The number of rotatable bonds is 4. The van der Waals surface area contributed by atoms with Gasteiger partial charge in [0.2, 0.25) is 5.91 Å².